The first-order valence-electron chi connectivity index (χ1n) is 7.30. The minimum Gasteiger partial charge on any atom is -0.445 e. The van der Waals surface area contributed by atoms with Crippen LogP contribution < -0.4 is 5.32 Å². The summed E-state index contributed by atoms with van der Waals surface area (Å²) in [6, 6.07) is 9.58. The van der Waals surface area contributed by atoms with Crippen LogP contribution in [-0.2, 0) is 11.3 Å². The number of benzene rings is 1. The van der Waals surface area contributed by atoms with E-state index in [1.807, 2.05) is 44.2 Å². The van der Waals surface area contributed by atoms with Crippen molar-refractivity contribution in [2.24, 2.45) is 0 Å². The molecule has 1 unspecified atom stereocenters. The van der Waals surface area contributed by atoms with Crippen molar-refractivity contribution in [3.63, 3.8) is 0 Å². The second kappa shape index (κ2) is 9.54. The third-order valence-electron chi connectivity index (χ3n) is 3.09. The number of carbonyl (C=O) groups excluding carboxylic acids is 1. The van der Waals surface area contributed by atoms with Gasteiger partial charge in [0.15, 0.2) is 0 Å². The molecule has 1 atom stereocenters. The quantitative estimate of drug-likeness (QED) is 0.540. The molecule has 0 saturated heterocycles. The average molecular weight is 323 g/mol. The van der Waals surface area contributed by atoms with Crippen molar-refractivity contribution in [3.8, 4) is 0 Å². The molecule has 0 spiro atoms. The van der Waals surface area contributed by atoms with Crippen molar-refractivity contribution in [2.45, 2.75) is 38.5 Å². The minimum atomic E-state index is -0.475. The van der Waals surface area contributed by atoms with Gasteiger partial charge in [0.05, 0.1) is 6.10 Å². The Balaban J connectivity index is 2.24. The fraction of sp³-hybridized carbons (Fsp3) is 0.471. The zero-order chi connectivity index (χ0) is 16.4. The molecule has 1 aromatic carbocycles. The number of ether oxygens (including phenoxy) is 1. The highest BCUT2D eigenvalue weighted by Gasteiger charge is 2.21. The molecule has 22 heavy (non-hydrogen) atoms. The van der Waals surface area contributed by atoms with E-state index in [9.17, 15) is 9.90 Å². The number of carbonyl (C=O) groups is 1. The molecule has 0 aliphatic heterocycles. The normalized spacial score (nSPS) is 12.5. The average Bonchev–Trinajstić information content (AvgIpc) is 2.50. The van der Waals surface area contributed by atoms with E-state index in [-0.39, 0.29) is 12.1 Å². The predicted molar refractivity (Wildman–Crippen MR) is 92.0 cm³/mol. The molecule has 0 aliphatic rings. The minimum absolute atomic E-state index is 0.267. The molecule has 0 heterocycles. The van der Waals surface area contributed by atoms with Crippen molar-refractivity contribution in [2.75, 3.05) is 11.5 Å². The molecule has 0 saturated carbocycles. The lowest BCUT2D eigenvalue weighted by molar-refractivity contribution is 0.129. The highest BCUT2D eigenvalue weighted by molar-refractivity contribution is 7.99. The molecule has 0 aliphatic carbocycles. The number of amides is 1. The maximum Gasteiger partial charge on any atom is 0.407 e. The van der Waals surface area contributed by atoms with Gasteiger partial charge in [-0.05, 0) is 31.6 Å². The first kappa shape index (κ1) is 18.6. The van der Waals surface area contributed by atoms with E-state index in [0.29, 0.717) is 5.75 Å². The van der Waals surface area contributed by atoms with Crippen molar-refractivity contribution in [1.82, 2.24) is 5.32 Å². The molecule has 0 radical (unpaired) electrons. The molecule has 5 heteroatoms. The van der Waals surface area contributed by atoms with Gasteiger partial charge < -0.3 is 15.2 Å². The molecule has 1 aromatic rings. The van der Waals surface area contributed by atoms with Gasteiger partial charge in [0, 0.05) is 11.3 Å². The molecule has 4 nitrogen and oxygen atoms in total. The smallest absolute Gasteiger partial charge is 0.407 e. The van der Waals surface area contributed by atoms with Crippen LogP contribution in [0.5, 0.6) is 0 Å². The van der Waals surface area contributed by atoms with E-state index >= 15 is 0 Å². The van der Waals surface area contributed by atoms with E-state index in [0.717, 1.165) is 17.7 Å². The Morgan fingerprint density at radius 1 is 1.45 bits per heavy atom. The molecule has 2 N–H and O–H groups in total. The first-order valence-corrected chi connectivity index (χ1v) is 8.45. The summed E-state index contributed by atoms with van der Waals surface area (Å²) in [7, 11) is 0. The molecular formula is C17H25NO3S. The maximum absolute atomic E-state index is 11.8. The fourth-order valence-corrected chi connectivity index (χ4v) is 2.90. The van der Waals surface area contributed by atoms with Crippen molar-refractivity contribution in [3.05, 3.63) is 48.6 Å². The third-order valence-corrected chi connectivity index (χ3v) is 4.16. The topological polar surface area (TPSA) is 58.6 Å². The Kier molecular flexibility index (Phi) is 8.06. The van der Waals surface area contributed by atoms with E-state index in [2.05, 4.69) is 11.9 Å². The molecular weight excluding hydrogens is 298 g/mol. The largest absolute Gasteiger partial charge is 0.445 e. The number of alkyl carbamates (subject to hydrolysis) is 1. The van der Waals surface area contributed by atoms with Gasteiger partial charge in [-0.15, -0.1) is 6.58 Å². The van der Waals surface area contributed by atoms with Crippen LogP contribution in [0.1, 0.15) is 25.8 Å². The Morgan fingerprint density at radius 2 is 2.14 bits per heavy atom. The lowest BCUT2D eigenvalue weighted by Crippen LogP contribution is -2.44. The van der Waals surface area contributed by atoms with Gasteiger partial charge in [-0.3, -0.25) is 0 Å². The zero-order valence-corrected chi connectivity index (χ0v) is 14.1. The van der Waals surface area contributed by atoms with Gasteiger partial charge in [-0.1, -0.05) is 36.4 Å². The second-order valence-corrected chi connectivity index (χ2v) is 6.85. The van der Waals surface area contributed by atoms with Crippen LogP contribution in [0.4, 0.5) is 4.79 Å². The Hall–Kier alpha value is -1.46. The van der Waals surface area contributed by atoms with Crippen LogP contribution in [0, 0.1) is 0 Å². The van der Waals surface area contributed by atoms with E-state index in [4.69, 9.17) is 4.74 Å². The number of thioether (sulfide) groups is 1. The molecule has 122 valence electrons. The number of aliphatic hydroxyl groups excluding tert-OH is 1. The summed E-state index contributed by atoms with van der Waals surface area (Å²) < 4.78 is 5.22. The monoisotopic (exact) mass is 323 g/mol. The SMILES string of the molecule is C=CC(O)CSCCC(C)(C)NC(=O)OCc1ccccc1. The zero-order valence-electron chi connectivity index (χ0n) is 13.2. The summed E-state index contributed by atoms with van der Waals surface area (Å²) >= 11 is 1.64. The van der Waals surface area contributed by atoms with Crippen LogP contribution in [0.3, 0.4) is 0 Å². The summed E-state index contributed by atoms with van der Waals surface area (Å²) in [4.78, 5) is 11.8. The highest BCUT2D eigenvalue weighted by Crippen LogP contribution is 2.15. The number of hydrogen-bond acceptors (Lipinski definition) is 4. The molecule has 0 fully saturated rings. The number of hydrogen-bond donors (Lipinski definition) is 2. The van der Waals surface area contributed by atoms with Gasteiger partial charge >= 0.3 is 6.09 Å². The van der Waals surface area contributed by atoms with E-state index < -0.39 is 12.2 Å². The van der Waals surface area contributed by atoms with Crippen molar-refractivity contribution in [1.29, 1.82) is 0 Å². The Morgan fingerprint density at radius 3 is 2.77 bits per heavy atom. The van der Waals surface area contributed by atoms with Crippen molar-refractivity contribution < 1.29 is 14.6 Å². The van der Waals surface area contributed by atoms with Crippen LogP contribution in [0.25, 0.3) is 0 Å². The molecule has 1 amide bonds. The van der Waals surface area contributed by atoms with Gasteiger partial charge in [0.2, 0.25) is 0 Å². The number of aliphatic hydroxyl groups is 1. The summed E-state index contributed by atoms with van der Waals surface area (Å²) in [5.41, 5.74) is 0.615. The number of nitrogens with one attached hydrogen (secondary N) is 1. The second-order valence-electron chi connectivity index (χ2n) is 5.70. The first-order chi connectivity index (χ1) is 10.4. The van der Waals surface area contributed by atoms with Gasteiger partial charge in [0.25, 0.3) is 0 Å². The van der Waals surface area contributed by atoms with E-state index in [1.165, 1.54) is 6.08 Å². The van der Waals surface area contributed by atoms with Gasteiger partial charge in [-0.2, -0.15) is 11.8 Å². The predicted octanol–water partition coefficient (Wildman–Crippen LogP) is 3.36. The van der Waals surface area contributed by atoms with Gasteiger partial charge in [0.1, 0.15) is 6.61 Å². The molecule has 0 aromatic heterocycles. The fourth-order valence-electron chi connectivity index (χ4n) is 1.70. The number of rotatable bonds is 9. The molecule has 1 rings (SSSR count). The summed E-state index contributed by atoms with van der Waals surface area (Å²) in [6.45, 7) is 7.72. The van der Waals surface area contributed by atoms with Crippen LogP contribution >= 0.6 is 11.8 Å². The summed E-state index contributed by atoms with van der Waals surface area (Å²) in [5.74, 6) is 1.47. The van der Waals surface area contributed by atoms with Gasteiger partial charge in [-0.25, -0.2) is 4.79 Å². The Labute approximate surface area is 136 Å². The van der Waals surface area contributed by atoms with Crippen LogP contribution in [0.2, 0.25) is 0 Å². The van der Waals surface area contributed by atoms with Crippen LogP contribution in [0.15, 0.2) is 43.0 Å². The van der Waals surface area contributed by atoms with E-state index in [1.54, 1.807) is 11.8 Å². The Bertz CT molecular complexity index is 462. The standard InChI is InChI=1S/C17H25NO3S/c1-4-15(19)13-22-11-10-17(2,3)18-16(20)21-12-14-8-6-5-7-9-14/h4-9,15,19H,1,10-13H2,2-3H3,(H,18,20). The lowest BCUT2D eigenvalue weighted by atomic mass is 10.0. The summed E-state index contributed by atoms with van der Waals surface area (Å²) in [5, 5.41) is 12.3. The molecule has 0 bridgehead atoms. The third kappa shape index (κ3) is 8.10. The highest BCUT2D eigenvalue weighted by atomic mass is 32.2. The van der Waals surface area contributed by atoms with Crippen LogP contribution in [-0.4, -0.2) is 34.3 Å². The summed E-state index contributed by atoms with van der Waals surface area (Å²) in [6.07, 6.45) is 1.43. The maximum atomic E-state index is 11.8. The lowest BCUT2D eigenvalue weighted by Gasteiger charge is -2.25. The van der Waals surface area contributed by atoms with Crippen molar-refractivity contribution >= 4 is 17.9 Å².